The lowest BCUT2D eigenvalue weighted by Crippen LogP contribution is -2.28. The third-order valence-corrected chi connectivity index (χ3v) is 3.12. The van der Waals surface area contributed by atoms with Gasteiger partial charge >= 0.3 is 5.97 Å². The number of ether oxygens (including phenoxy) is 1. The lowest BCUT2D eigenvalue weighted by atomic mass is 10.1. The summed E-state index contributed by atoms with van der Waals surface area (Å²) in [6.07, 6.45) is 0. The molecule has 2 N–H and O–H groups in total. The van der Waals surface area contributed by atoms with E-state index in [9.17, 15) is 9.59 Å². The second kappa shape index (κ2) is 6.41. The number of aliphatic carboxylic acids is 1. The number of nitrogens with one attached hydrogen (secondary N) is 1. The zero-order valence-electron chi connectivity index (χ0n) is 11.9. The van der Waals surface area contributed by atoms with Gasteiger partial charge in [-0.05, 0) is 19.4 Å². The molecule has 21 heavy (non-hydrogen) atoms. The Morgan fingerprint density at radius 1 is 1.33 bits per heavy atom. The number of hydrogen-bond donors (Lipinski definition) is 2. The SMILES string of the molecule is Cc1c(C(=O)NCCOCC(=O)O)oc2c(C)cccc12. The number of carbonyl (C=O) groups is 2. The van der Waals surface area contributed by atoms with Gasteiger partial charge in [-0.3, -0.25) is 4.79 Å². The van der Waals surface area contributed by atoms with Gasteiger partial charge in [-0.2, -0.15) is 0 Å². The molecule has 1 aromatic heterocycles. The van der Waals surface area contributed by atoms with Gasteiger partial charge in [0, 0.05) is 17.5 Å². The summed E-state index contributed by atoms with van der Waals surface area (Å²) in [5, 5.41) is 12.0. The van der Waals surface area contributed by atoms with Crippen LogP contribution < -0.4 is 5.32 Å². The average molecular weight is 291 g/mol. The van der Waals surface area contributed by atoms with Crippen LogP contribution in [0, 0.1) is 13.8 Å². The van der Waals surface area contributed by atoms with Gasteiger partial charge in [-0.25, -0.2) is 4.79 Å². The average Bonchev–Trinajstić information content (AvgIpc) is 2.77. The van der Waals surface area contributed by atoms with Gasteiger partial charge in [0.2, 0.25) is 0 Å². The molecule has 0 bridgehead atoms. The van der Waals surface area contributed by atoms with Crippen molar-refractivity contribution in [1.29, 1.82) is 0 Å². The van der Waals surface area contributed by atoms with Crippen LogP contribution >= 0.6 is 0 Å². The van der Waals surface area contributed by atoms with E-state index in [1.165, 1.54) is 0 Å². The number of hydrogen-bond acceptors (Lipinski definition) is 4. The Bertz CT molecular complexity index is 674. The van der Waals surface area contributed by atoms with Crippen molar-refractivity contribution in [3.8, 4) is 0 Å². The van der Waals surface area contributed by atoms with Crippen LogP contribution in [0.2, 0.25) is 0 Å². The van der Waals surface area contributed by atoms with Crippen molar-refractivity contribution in [1.82, 2.24) is 5.32 Å². The van der Waals surface area contributed by atoms with Crippen molar-refractivity contribution >= 4 is 22.8 Å². The van der Waals surface area contributed by atoms with Crippen LogP contribution in [0.1, 0.15) is 21.7 Å². The van der Waals surface area contributed by atoms with Crippen LogP contribution in [0.5, 0.6) is 0 Å². The van der Waals surface area contributed by atoms with Crippen molar-refractivity contribution in [3.05, 3.63) is 35.1 Å². The van der Waals surface area contributed by atoms with Gasteiger partial charge in [0.05, 0.1) is 6.61 Å². The molecule has 1 amide bonds. The summed E-state index contributed by atoms with van der Waals surface area (Å²) in [4.78, 5) is 22.3. The Balaban J connectivity index is 2.01. The molecule has 0 unspecified atom stereocenters. The second-order valence-corrected chi connectivity index (χ2v) is 4.71. The first-order valence-corrected chi connectivity index (χ1v) is 6.57. The fourth-order valence-electron chi connectivity index (χ4n) is 2.08. The highest BCUT2D eigenvalue weighted by molar-refractivity contribution is 5.99. The number of aryl methyl sites for hydroxylation is 2. The second-order valence-electron chi connectivity index (χ2n) is 4.71. The first kappa shape index (κ1) is 15.1. The smallest absolute Gasteiger partial charge is 0.329 e. The summed E-state index contributed by atoms with van der Waals surface area (Å²) < 4.78 is 10.5. The zero-order valence-corrected chi connectivity index (χ0v) is 11.9. The molecule has 2 aromatic rings. The third-order valence-electron chi connectivity index (χ3n) is 3.12. The quantitative estimate of drug-likeness (QED) is 0.793. The van der Waals surface area contributed by atoms with Crippen molar-refractivity contribution in [3.63, 3.8) is 0 Å². The lowest BCUT2D eigenvalue weighted by molar-refractivity contribution is -0.142. The van der Waals surface area contributed by atoms with Crippen LogP contribution in [0.25, 0.3) is 11.0 Å². The molecule has 1 heterocycles. The van der Waals surface area contributed by atoms with Crippen LogP contribution in [0.4, 0.5) is 0 Å². The van der Waals surface area contributed by atoms with Gasteiger partial charge in [0.15, 0.2) is 5.76 Å². The molecular formula is C15H17NO5. The topological polar surface area (TPSA) is 88.8 Å². The Morgan fingerprint density at radius 2 is 2.10 bits per heavy atom. The number of carboxylic acid groups (broad SMARTS) is 1. The molecule has 0 fully saturated rings. The lowest BCUT2D eigenvalue weighted by Gasteiger charge is -2.03. The van der Waals surface area contributed by atoms with Gasteiger partial charge in [0.1, 0.15) is 12.2 Å². The Hall–Kier alpha value is -2.34. The minimum Gasteiger partial charge on any atom is -0.480 e. The molecule has 112 valence electrons. The van der Waals surface area contributed by atoms with Gasteiger partial charge in [-0.1, -0.05) is 18.2 Å². The van der Waals surface area contributed by atoms with Crippen LogP contribution in [0.3, 0.4) is 0 Å². The van der Waals surface area contributed by atoms with E-state index in [1.54, 1.807) is 0 Å². The zero-order chi connectivity index (χ0) is 15.4. The van der Waals surface area contributed by atoms with E-state index in [-0.39, 0.29) is 31.4 Å². The molecule has 0 saturated heterocycles. The molecule has 6 nitrogen and oxygen atoms in total. The number of carboxylic acids is 1. The highest BCUT2D eigenvalue weighted by atomic mass is 16.5. The normalized spacial score (nSPS) is 10.8. The summed E-state index contributed by atoms with van der Waals surface area (Å²) in [6.45, 7) is 3.74. The molecule has 6 heteroatoms. The fourth-order valence-corrected chi connectivity index (χ4v) is 2.08. The third kappa shape index (κ3) is 3.41. The summed E-state index contributed by atoms with van der Waals surface area (Å²) in [5.74, 6) is -1.09. The van der Waals surface area contributed by atoms with Crippen LogP contribution in [-0.2, 0) is 9.53 Å². The predicted molar refractivity (Wildman–Crippen MR) is 76.5 cm³/mol. The molecule has 0 aliphatic rings. The maximum Gasteiger partial charge on any atom is 0.329 e. The highest BCUT2D eigenvalue weighted by Crippen LogP contribution is 2.27. The maximum absolute atomic E-state index is 12.1. The summed E-state index contributed by atoms with van der Waals surface area (Å²) in [6, 6.07) is 5.75. The molecule has 0 spiro atoms. The minimum absolute atomic E-state index is 0.135. The highest BCUT2D eigenvalue weighted by Gasteiger charge is 2.17. The van der Waals surface area contributed by atoms with Crippen LogP contribution in [-0.4, -0.2) is 36.7 Å². The summed E-state index contributed by atoms with van der Waals surface area (Å²) in [5.41, 5.74) is 2.47. The number of carbonyl (C=O) groups excluding carboxylic acids is 1. The molecule has 1 aromatic carbocycles. The molecule has 0 aliphatic heterocycles. The summed E-state index contributed by atoms with van der Waals surface area (Å²) >= 11 is 0. The molecular weight excluding hydrogens is 274 g/mol. The number of rotatable bonds is 6. The van der Waals surface area contributed by atoms with Gasteiger partial charge in [0.25, 0.3) is 5.91 Å². The number of fused-ring (bicyclic) bond motifs is 1. The number of amides is 1. The van der Waals surface area contributed by atoms with E-state index in [2.05, 4.69) is 5.32 Å². The van der Waals surface area contributed by atoms with E-state index < -0.39 is 5.97 Å². The van der Waals surface area contributed by atoms with E-state index in [1.807, 2.05) is 32.0 Å². The number of para-hydroxylation sites is 1. The van der Waals surface area contributed by atoms with Gasteiger partial charge in [-0.15, -0.1) is 0 Å². The Kier molecular flexibility index (Phi) is 4.59. The first-order valence-electron chi connectivity index (χ1n) is 6.57. The van der Waals surface area contributed by atoms with Gasteiger partial charge < -0.3 is 19.6 Å². The van der Waals surface area contributed by atoms with Crippen molar-refractivity contribution in [2.75, 3.05) is 19.8 Å². The Labute approximate surface area is 121 Å². The molecule has 0 aliphatic carbocycles. The van der Waals surface area contributed by atoms with Crippen molar-refractivity contribution in [2.45, 2.75) is 13.8 Å². The maximum atomic E-state index is 12.1. The van der Waals surface area contributed by atoms with E-state index >= 15 is 0 Å². The fraction of sp³-hybridized carbons (Fsp3) is 0.333. The predicted octanol–water partition coefficient (Wildman–Crippen LogP) is 1.88. The summed E-state index contributed by atoms with van der Waals surface area (Å²) in [7, 11) is 0. The molecule has 0 saturated carbocycles. The molecule has 2 rings (SSSR count). The van der Waals surface area contributed by atoms with Crippen LogP contribution in [0.15, 0.2) is 22.6 Å². The number of benzene rings is 1. The Morgan fingerprint density at radius 3 is 2.76 bits per heavy atom. The first-order chi connectivity index (χ1) is 10.0. The van der Waals surface area contributed by atoms with E-state index in [0.717, 1.165) is 16.5 Å². The molecule has 0 atom stereocenters. The molecule has 0 radical (unpaired) electrons. The van der Waals surface area contributed by atoms with Crippen molar-refractivity contribution in [2.24, 2.45) is 0 Å². The van der Waals surface area contributed by atoms with Crippen molar-refractivity contribution < 1.29 is 23.8 Å². The number of furan rings is 1. The minimum atomic E-state index is -1.04. The van der Waals surface area contributed by atoms with E-state index in [0.29, 0.717) is 5.58 Å². The standard InChI is InChI=1S/C15H17NO5/c1-9-4-3-5-11-10(2)14(21-13(9)11)15(19)16-6-7-20-8-12(17)18/h3-5H,6-8H2,1-2H3,(H,16,19)(H,17,18). The van der Waals surface area contributed by atoms with E-state index in [4.69, 9.17) is 14.3 Å². The monoisotopic (exact) mass is 291 g/mol. The largest absolute Gasteiger partial charge is 0.480 e.